The Morgan fingerprint density at radius 1 is 1.25 bits per heavy atom. The van der Waals surface area contributed by atoms with Crippen LogP contribution in [0.4, 0.5) is 0 Å². The molecule has 0 radical (unpaired) electrons. The van der Waals surface area contributed by atoms with Crippen molar-refractivity contribution in [1.82, 2.24) is 5.32 Å². The predicted molar refractivity (Wildman–Crippen MR) is 71.6 cm³/mol. The third-order valence-corrected chi connectivity index (χ3v) is 4.34. The van der Waals surface area contributed by atoms with E-state index in [9.17, 15) is 14.4 Å². The minimum absolute atomic E-state index is 0.155. The molecule has 0 aromatic rings. The van der Waals surface area contributed by atoms with E-state index in [0.29, 0.717) is 12.8 Å². The summed E-state index contributed by atoms with van der Waals surface area (Å²) in [6, 6.07) is -0.666. The van der Waals surface area contributed by atoms with Crippen LogP contribution in [-0.4, -0.2) is 38.1 Å². The number of amides is 1. The van der Waals surface area contributed by atoms with Gasteiger partial charge in [-0.15, -0.1) is 0 Å². The van der Waals surface area contributed by atoms with Gasteiger partial charge in [-0.2, -0.15) is 0 Å². The monoisotopic (exact) mass is 285 g/mol. The highest BCUT2D eigenvalue weighted by Gasteiger charge is 2.53. The van der Waals surface area contributed by atoms with E-state index in [4.69, 9.17) is 9.47 Å². The van der Waals surface area contributed by atoms with Crippen LogP contribution in [0.1, 0.15) is 33.6 Å². The number of carbonyl (C=O) groups excluding carboxylic acids is 3. The number of esters is 2. The van der Waals surface area contributed by atoms with Gasteiger partial charge in [-0.05, 0) is 24.2 Å². The molecule has 1 rings (SSSR count). The molecule has 1 N–H and O–H groups in total. The van der Waals surface area contributed by atoms with Crippen molar-refractivity contribution in [2.75, 3.05) is 14.2 Å². The smallest absolute Gasteiger partial charge is 0.328 e. The fourth-order valence-corrected chi connectivity index (χ4v) is 2.84. The molecule has 1 fully saturated rings. The summed E-state index contributed by atoms with van der Waals surface area (Å²) in [5.41, 5.74) is -0.252. The van der Waals surface area contributed by atoms with Crippen LogP contribution in [0.2, 0.25) is 0 Å². The maximum Gasteiger partial charge on any atom is 0.328 e. The van der Waals surface area contributed by atoms with Crippen molar-refractivity contribution >= 4 is 17.8 Å². The van der Waals surface area contributed by atoms with Crippen LogP contribution in [0.5, 0.6) is 0 Å². The fraction of sp³-hybridized carbons (Fsp3) is 0.786. The Hall–Kier alpha value is -1.59. The summed E-state index contributed by atoms with van der Waals surface area (Å²) in [4.78, 5) is 34.5. The Morgan fingerprint density at radius 3 is 2.25 bits per heavy atom. The van der Waals surface area contributed by atoms with Crippen LogP contribution in [-0.2, 0) is 23.9 Å². The summed E-state index contributed by atoms with van der Waals surface area (Å²) in [6.07, 6.45) is 1.12. The number of nitrogens with one attached hydrogen (secondary N) is 1. The van der Waals surface area contributed by atoms with E-state index >= 15 is 0 Å². The van der Waals surface area contributed by atoms with Crippen LogP contribution in [0.25, 0.3) is 0 Å². The first-order chi connectivity index (χ1) is 9.23. The third kappa shape index (κ3) is 3.29. The lowest BCUT2D eigenvalue weighted by molar-refractivity contribution is -0.164. The Morgan fingerprint density at radius 2 is 1.85 bits per heavy atom. The van der Waals surface area contributed by atoms with Crippen molar-refractivity contribution in [3.8, 4) is 0 Å². The first-order valence-electron chi connectivity index (χ1n) is 6.66. The van der Waals surface area contributed by atoms with Gasteiger partial charge in [0.15, 0.2) is 0 Å². The lowest BCUT2D eigenvalue weighted by Crippen LogP contribution is -2.53. The van der Waals surface area contributed by atoms with Gasteiger partial charge in [0.2, 0.25) is 5.91 Å². The fourth-order valence-electron chi connectivity index (χ4n) is 2.84. The van der Waals surface area contributed by atoms with Crippen molar-refractivity contribution in [2.45, 2.75) is 39.7 Å². The lowest BCUT2D eigenvalue weighted by Gasteiger charge is -2.51. The maximum absolute atomic E-state index is 11.7. The minimum atomic E-state index is -0.666. The van der Waals surface area contributed by atoms with E-state index in [0.717, 1.165) is 0 Å². The van der Waals surface area contributed by atoms with Crippen LogP contribution in [0, 0.1) is 17.3 Å². The summed E-state index contributed by atoms with van der Waals surface area (Å²) >= 11 is 0. The number of hydrogen-bond donors (Lipinski definition) is 1. The van der Waals surface area contributed by atoms with Crippen LogP contribution in [0.15, 0.2) is 0 Å². The molecule has 0 unspecified atom stereocenters. The van der Waals surface area contributed by atoms with Gasteiger partial charge in [-0.25, -0.2) is 4.79 Å². The van der Waals surface area contributed by atoms with E-state index in [2.05, 4.69) is 5.32 Å². The second-order valence-corrected chi connectivity index (χ2v) is 5.84. The Labute approximate surface area is 119 Å². The van der Waals surface area contributed by atoms with E-state index in [-0.39, 0.29) is 29.1 Å². The highest BCUT2D eigenvalue weighted by Crippen LogP contribution is 2.53. The molecule has 0 spiro atoms. The number of hydrogen-bond acceptors (Lipinski definition) is 5. The number of carbonyl (C=O) groups is 3. The average Bonchev–Trinajstić information content (AvgIpc) is 2.39. The van der Waals surface area contributed by atoms with Crippen molar-refractivity contribution in [3.63, 3.8) is 0 Å². The van der Waals surface area contributed by atoms with Crippen LogP contribution < -0.4 is 5.32 Å². The Balaban J connectivity index is 2.70. The zero-order valence-electron chi connectivity index (χ0n) is 12.7. The summed E-state index contributed by atoms with van der Waals surface area (Å²) in [6.45, 7) is 5.31. The molecular formula is C14H23NO5. The van der Waals surface area contributed by atoms with Gasteiger partial charge in [-0.1, -0.05) is 13.8 Å². The summed E-state index contributed by atoms with van der Waals surface area (Å²) in [5, 5.41) is 2.60. The van der Waals surface area contributed by atoms with Crippen LogP contribution >= 0.6 is 0 Å². The Bertz CT molecular complexity index is 404. The molecule has 114 valence electrons. The van der Waals surface area contributed by atoms with E-state index in [1.165, 1.54) is 21.1 Å². The van der Waals surface area contributed by atoms with Gasteiger partial charge in [0.25, 0.3) is 0 Å². The molecule has 0 heterocycles. The molecule has 6 heteroatoms. The topological polar surface area (TPSA) is 81.7 Å². The molecule has 0 aromatic carbocycles. The summed E-state index contributed by atoms with van der Waals surface area (Å²) < 4.78 is 9.48. The first-order valence-corrected chi connectivity index (χ1v) is 6.66. The largest absolute Gasteiger partial charge is 0.469 e. The molecular weight excluding hydrogens is 262 g/mol. The highest BCUT2D eigenvalue weighted by molar-refractivity contribution is 5.83. The summed E-state index contributed by atoms with van der Waals surface area (Å²) in [7, 11) is 2.67. The quantitative estimate of drug-likeness (QED) is 0.759. The Kier molecular flexibility index (Phi) is 5.14. The molecule has 1 amide bonds. The molecule has 1 saturated carbocycles. The predicted octanol–water partition coefficient (Wildman–Crippen LogP) is 0.889. The van der Waals surface area contributed by atoms with Gasteiger partial charge < -0.3 is 14.8 Å². The van der Waals surface area contributed by atoms with Gasteiger partial charge >= 0.3 is 11.9 Å². The van der Waals surface area contributed by atoms with E-state index < -0.39 is 12.0 Å². The minimum Gasteiger partial charge on any atom is -0.469 e. The van der Waals surface area contributed by atoms with Gasteiger partial charge in [-0.3, -0.25) is 9.59 Å². The van der Waals surface area contributed by atoms with Crippen molar-refractivity contribution in [3.05, 3.63) is 0 Å². The van der Waals surface area contributed by atoms with Gasteiger partial charge in [0.05, 0.1) is 20.1 Å². The zero-order chi connectivity index (χ0) is 15.5. The standard InChI is InChI=1S/C14H23NO5/c1-8(16)15-11(13(18)20-5)7-9-6-10(12(17)19-4)14(9,2)3/h9-11H,6-7H2,1-5H3,(H,15,16)/t9-,10+,11-/m0/s1. The molecule has 0 aromatic heterocycles. The normalized spacial score (nSPS) is 25.1. The van der Waals surface area contributed by atoms with Crippen LogP contribution in [0.3, 0.4) is 0 Å². The van der Waals surface area contributed by atoms with Gasteiger partial charge in [0, 0.05) is 6.92 Å². The molecule has 3 atom stereocenters. The van der Waals surface area contributed by atoms with E-state index in [1.807, 2.05) is 13.8 Å². The number of methoxy groups -OCH3 is 2. The molecule has 0 bridgehead atoms. The number of rotatable bonds is 5. The molecule has 20 heavy (non-hydrogen) atoms. The molecule has 0 saturated heterocycles. The number of ether oxygens (including phenoxy) is 2. The molecule has 6 nitrogen and oxygen atoms in total. The SMILES string of the molecule is COC(=O)[C@H](C[C@@H]1C[C@H](C(=O)OC)C1(C)C)NC(C)=O. The molecule has 1 aliphatic rings. The first kappa shape index (κ1) is 16.5. The van der Waals surface area contributed by atoms with Crippen molar-refractivity contribution < 1.29 is 23.9 Å². The van der Waals surface area contributed by atoms with Gasteiger partial charge in [0.1, 0.15) is 6.04 Å². The van der Waals surface area contributed by atoms with E-state index in [1.54, 1.807) is 0 Å². The summed E-state index contributed by atoms with van der Waals surface area (Å²) in [5.74, 6) is -0.962. The maximum atomic E-state index is 11.7. The molecule has 1 aliphatic carbocycles. The third-order valence-electron chi connectivity index (χ3n) is 4.34. The zero-order valence-corrected chi connectivity index (χ0v) is 12.7. The average molecular weight is 285 g/mol. The second-order valence-electron chi connectivity index (χ2n) is 5.84. The van der Waals surface area contributed by atoms with Crippen molar-refractivity contribution in [1.29, 1.82) is 0 Å². The molecule has 0 aliphatic heterocycles. The van der Waals surface area contributed by atoms with Crippen molar-refractivity contribution in [2.24, 2.45) is 17.3 Å². The second kappa shape index (κ2) is 6.24. The lowest BCUT2D eigenvalue weighted by atomic mass is 9.53. The highest BCUT2D eigenvalue weighted by atomic mass is 16.5.